The standard InChI is InChI=1S/C23H21ClN4O3/c1-14-16(13-29)3-2-4-19(14)27-23(31)17-9-20-22(25-10-17)26-11-21(30)28(20)12-15-5-7-18(24)8-6-15/h2-10,29H,11-13H2,1H3,(H,25,26)(H,27,31). The summed E-state index contributed by atoms with van der Waals surface area (Å²) in [6, 6.07) is 14.3. The number of carbonyl (C=O) groups is 2. The van der Waals surface area contributed by atoms with Crippen molar-refractivity contribution in [2.24, 2.45) is 0 Å². The summed E-state index contributed by atoms with van der Waals surface area (Å²) in [6.07, 6.45) is 1.47. The Hall–Kier alpha value is -3.42. The fourth-order valence-corrected chi connectivity index (χ4v) is 3.56. The van der Waals surface area contributed by atoms with E-state index in [9.17, 15) is 14.7 Å². The molecule has 8 heteroatoms. The molecule has 0 fully saturated rings. The number of benzene rings is 2. The number of halogens is 1. The zero-order valence-corrected chi connectivity index (χ0v) is 17.6. The van der Waals surface area contributed by atoms with Crippen molar-refractivity contribution < 1.29 is 14.7 Å². The molecule has 0 saturated heterocycles. The maximum atomic E-state index is 12.9. The van der Waals surface area contributed by atoms with Crippen LogP contribution in [0, 0.1) is 6.92 Å². The van der Waals surface area contributed by atoms with E-state index in [1.165, 1.54) is 6.20 Å². The number of rotatable bonds is 5. The number of nitrogens with one attached hydrogen (secondary N) is 2. The van der Waals surface area contributed by atoms with Gasteiger partial charge in [-0.3, -0.25) is 9.59 Å². The molecule has 2 amide bonds. The normalized spacial score (nSPS) is 12.9. The lowest BCUT2D eigenvalue weighted by atomic mass is 10.1. The van der Waals surface area contributed by atoms with Gasteiger partial charge in [0.15, 0.2) is 5.82 Å². The smallest absolute Gasteiger partial charge is 0.257 e. The van der Waals surface area contributed by atoms with E-state index in [0.29, 0.717) is 34.3 Å². The highest BCUT2D eigenvalue weighted by Crippen LogP contribution is 2.30. The molecule has 7 nitrogen and oxygen atoms in total. The number of hydrogen-bond acceptors (Lipinski definition) is 5. The van der Waals surface area contributed by atoms with Crippen LogP contribution in [0.25, 0.3) is 0 Å². The maximum absolute atomic E-state index is 12.9. The average molecular weight is 437 g/mol. The molecule has 0 radical (unpaired) electrons. The number of fused-ring (bicyclic) bond motifs is 1. The van der Waals surface area contributed by atoms with E-state index in [1.807, 2.05) is 19.1 Å². The van der Waals surface area contributed by atoms with Crippen molar-refractivity contribution in [3.8, 4) is 0 Å². The van der Waals surface area contributed by atoms with Crippen LogP contribution >= 0.6 is 11.6 Å². The molecular formula is C23H21ClN4O3. The van der Waals surface area contributed by atoms with Crippen LogP contribution in [0.2, 0.25) is 5.02 Å². The number of pyridine rings is 1. The lowest BCUT2D eigenvalue weighted by Crippen LogP contribution is -2.40. The van der Waals surface area contributed by atoms with Crippen LogP contribution in [0.4, 0.5) is 17.2 Å². The van der Waals surface area contributed by atoms with Crippen molar-refractivity contribution >= 4 is 40.6 Å². The third-order valence-electron chi connectivity index (χ3n) is 5.25. The third-order valence-corrected chi connectivity index (χ3v) is 5.50. The average Bonchev–Trinajstić information content (AvgIpc) is 2.78. The molecular weight excluding hydrogens is 416 g/mol. The van der Waals surface area contributed by atoms with E-state index < -0.39 is 0 Å². The number of carbonyl (C=O) groups excluding carboxylic acids is 2. The highest BCUT2D eigenvalue weighted by molar-refractivity contribution is 6.30. The van der Waals surface area contributed by atoms with Gasteiger partial charge in [-0.15, -0.1) is 0 Å². The van der Waals surface area contributed by atoms with Gasteiger partial charge in [-0.25, -0.2) is 4.98 Å². The zero-order valence-electron chi connectivity index (χ0n) is 16.9. The monoisotopic (exact) mass is 436 g/mol. The summed E-state index contributed by atoms with van der Waals surface area (Å²) in [6.45, 7) is 2.20. The minimum atomic E-state index is -0.349. The molecule has 2 heterocycles. The second kappa shape index (κ2) is 8.75. The van der Waals surface area contributed by atoms with Gasteiger partial charge in [0.1, 0.15) is 0 Å². The van der Waals surface area contributed by atoms with Gasteiger partial charge >= 0.3 is 0 Å². The molecule has 0 atom stereocenters. The van der Waals surface area contributed by atoms with Crippen LogP contribution in [0.15, 0.2) is 54.7 Å². The Morgan fingerprint density at radius 3 is 2.77 bits per heavy atom. The molecule has 1 aromatic heterocycles. The van der Waals surface area contributed by atoms with Crippen LogP contribution in [0.1, 0.15) is 27.0 Å². The van der Waals surface area contributed by atoms with Crippen molar-refractivity contribution in [3.05, 3.63) is 82.0 Å². The number of hydrogen-bond donors (Lipinski definition) is 3. The van der Waals surface area contributed by atoms with Crippen molar-refractivity contribution in [2.75, 3.05) is 22.1 Å². The Morgan fingerprint density at radius 2 is 2.03 bits per heavy atom. The van der Waals surface area contributed by atoms with E-state index >= 15 is 0 Å². The van der Waals surface area contributed by atoms with Gasteiger partial charge in [-0.1, -0.05) is 35.9 Å². The molecule has 3 aromatic rings. The fraction of sp³-hybridized carbons (Fsp3) is 0.174. The molecule has 0 saturated carbocycles. The van der Waals surface area contributed by atoms with Crippen molar-refractivity contribution in [3.63, 3.8) is 0 Å². The minimum absolute atomic E-state index is 0.108. The SMILES string of the molecule is Cc1c(CO)cccc1NC(=O)c1cnc2c(c1)N(Cc1ccc(Cl)cc1)C(=O)CN2. The predicted octanol–water partition coefficient (Wildman–Crippen LogP) is 3.75. The highest BCUT2D eigenvalue weighted by Gasteiger charge is 2.26. The minimum Gasteiger partial charge on any atom is -0.392 e. The van der Waals surface area contributed by atoms with Crippen LogP contribution < -0.4 is 15.5 Å². The first-order valence-electron chi connectivity index (χ1n) is 9.75. The summed E-state index contributed by atoms with van der Waals surface area (Å²) in [5.41, 5.74) is 3.93. The molecule has 0 unspecified atom stereocenters. The van der Waals surface area contributed by atoms with Crippen molar-refractivity contribution in [2.45, 2.75) is 20.1 Å². The summed E-state index contributed by atoms with van der Waals surface area (Å²) < 4.78 is 0. The van der Waals surface area contributed by atoms with Gasteiger partial charge in [-0.2, -0.15) is 0 Å². The number of aromatic nitrogens is 1. The summed E-state index contributed by atoms with van der Waals surface area (Å²) in [4.78, 5) is 31.4. The number of aliphatic hydroxyl groups is 1. The molecule has 4 rings (SSSR count). The van der Waals surface area contributed by atoms with Crippen LogP contribution in [-0.4, -0.2) is 28.4 Å². The Kier molecular flexibility index (Phi) is 5.88. The van der Waals surface area contributed by atoms with Crippen molar-refractivity contribution in [1.29, 1.82) is 0 Å². The number of amides is 2. The molecule has 0 aliphatic carbocycles. The molecule has 1 aliphatic rings. The topological polar surface area (TPSA) is 94.6 Å². The Labute approximate surface area is 184 Å². The van der Waals surface area contributed by atoms with Gasteiger partial charge < -0.3 is 20.6 Å². The fourth-order valence-electron chi connectivity index (χ4n) is 3.44. The number of aliphatic hydroxyl groups excluding tert-OH is 1. The van der Waals surface area contributed by atoms with Gasteiger partial charge in [0.05, 0.1) is 30.9 Å². The Bertz CT molecular complexity index is 1150. The van der Waals surface area contributed by atoms with Gasteiger partial charge in [0.2, 0.25) is 5.91 Å². The first-order valence-corrected chi connectivity index (χ1v) is 10.1. The molecule has 31 heavy (non-hydrogen) atoms. The largest absolute Gasteiger partial charge is 0.392 e. The maximum Gasteiger partial charge on any atom is 0.257 e. The molecule has 1 aliphatic heterocycles. The quantitative estimate of drug-likeness (QED) is 0.566. The van der Waals surface area contributed by atoms with Gasteiger partial charge in [0.25, 0.3) is 5.91 Å². The summed E-state index contributed by atoms with van der Waals surface area (Å²) in [7, 11) is 0. The second-order valence-electron chi connectivity index (χ2n) is 7.25. The lowest BCUT2D eigenvalue weighted by Gasteiger charge is -2.29. The second-order valence-corrected chi connectivity index (χ2v) is 7.69. The van der Waals surface area contributed by atoms with E-state index in [0.717, 1.165) is 16.7 Å². The number of anilines is 3. The highest BCUT2D eigenvalue weighted by atomic mass is 35.5. The molecule has 0 spiro atoms. The van der Waals surface area contributed by atoms with E-state index in [4.69, 9.17) is 11.6 Å². The van der Waals surface area contributed by atoms with E-state index in [-0.39, 0.29) is 25.0 Å². The molecule has 0 bridgehead atoms. The lowest BCUT2D eigenvalue weighted by molar-refractivity contribution is -0.117. The zero-order chi connectivity index (χ0) is 22.0. The molecule has 2 aromatic carbocycles. The first-order chi connectivity index (χ1) is 15.0. The van der Waals surface area contributed by atoms with Crippen LogP contribution in [-0.2, 0) is 17.9 Å². The van der Waals surface area contributed by atoms with Gasteiger partial charge in [0, 0.05) is 16.9 Å². The molecule has 158 valence electrons. The van der Waals surface area contributed by atoms with Crippen molar-refractivity contribution in [1.82, 2.24) is 4.98 Å². The predicted molar refractivity (Wildman–Crippen MR) is 120 cm³/mol. The molecule has 3 N–H and O–H groups in total. The van der Waals surface area contributed by atoms with Crippen LogP contribution in [0.5, 0.6) is 0 Å². The summed E-state index contributed by atoms with van der Waals surface area (Å²) >= 11 is 5.96. The summed E-state index contributed by atoms with van der Waals surface area (Å²) in [5, 5.41) is 15.9. The number of nitrogens with zero attached hydrogens (tertiary/aromatic N) is 2. The Morgan fingerprint density at radius 1 is 1.26 bits per heavy atom. The Balaban J connectivity index is 1.62. The third kappa shape index (κ3) is 4.38. The van der Waals surface area contributed by atoms with E-state index in [2.05, 4.69) is 15.6 Å². The summed E-state index contributed by atoms with van der Waals surface area (Å²) in [5.74, 6) is 0.0785. The van der Waals surface area contributed by atoms with Crippen LogP contribution in [0.3, 0.4) is 0 Å². The van der Waals surface area contributed by atoms with Gasteiger partial charge in [-0.05, 0) is 47.9 Å². The van der Waals surface area contributed by atoms with E-state index in [1.54, 1.807) is 41.3 Å². The first kappa shape index (κ1) is 20.8.